The summed E-state index contributed by atoms with van der Waals surface area (Å²) in [6.07, 6.45) is 0.831. The second-order valence-electron chi connectivity index (χ2n) is 16.7. The molecule has 0 nitrogen and oxygen atoms in total. The van der Waals surface area contributed by atoms with Crippen LogP contribution in [-0.2, 0) is 53.8 Å². The van der Waals surface area contributed by atoms with Gasteiger partial charge in [-0.2, -0.15) is 128 Å². The van der Waals surface area contributed by atoms with Crippen LogP contribution in [0.5, 0.6) is 0 Å². The predicted octanol–water partition coefficient (Wildman–Crippen LogP) is 14.8. The molecule has 0 heterocycles. The third kappa shape index (κ3) is 14.6. The van der Waals surface area contributed by atoms with Crippen LogP contribution in [0.15, 0.2) is 96.1 Å². The van der Waals surface area contributed by atoms with Gasteiger partial charge in [-0.15, -0.1) is 5.56 Å². The molecule has 0 fully saturated rings. The van der Waals surface area contributed by atoms with Crippen molar-refractivity contribution >= 4 is 4.21 Å². The minimum absolute atomic E-state index is 0.177. The third-order valence-electron chi connectivity index (χ3n) is 9.25. The molecule has 6 rings (SSSR count). The molecule has 0 aliphatic heterocycles. The standard InChI is InChI=1S/C21H25.C13H21.2C7H4F3.CH2.Zr/c1-20(2,3)16-9-7-14-11-15-8-10-17(21(4,5)6)13-19(15)18(14)12-16;1-6-10-8-11(7-2)12(9-10)13(3,4)5;2*8-7(9,10)6-4-2-1-3-5-6;;/h7,9-10,12-13H,11H2,1-6H3;9-10H,6-7H2,1-5H3;2*1-2,4-5H;1H2;/q4*-1;;. The topological polar surface area (TPSA) is 0 Å². The van der Waals surface area contributed by atoms with Crippen molar-refractivity contribution < 1.29 is 50.6 Å². The predicted molar refractivity (Wildman–Crippen MR) is 217 cm³/mol. The summed E-state index contributed by atoms with van der Waals surface area (Å²) in [6.45, 7) is 25.0. The summed E-state index contributed by atoms with van der Waals surface area (Å²) < 4.78 is 73.9. The van der Waals surface area contributed by atoms with Crippen LogP contribution >= 0.6 is 0 Å². The number of alkyl halides is 6. The van der Waals surface area contributed by atoms with E-state index in [1.165, 1.54) is 99.4 Å². The molecule has 4 aromatic rings. The number of rotatable bonds is 2. The van der Waals surface area contributed by atoms with Gasteiger partial charge < -0.3 is 0 Å². The van der Waals surface area contributed by atoms with Gasteiger partial charge in [0.05, 0.1) is 0 Å². The Balaban J connectivity index is 0.000000268. The van der Waals surface area contributed by atoms with Crippen molar-refractivity contribution in [1.82, 2.24) is 0 Å². The molecule has 0 radical (unpaired) electrons. The zero-order chi connectivity index (χ0) is 42.7. The van der Waals surface area contributed by atoms with E-state index in [0.717, 1.165) is 37.1 Å². The van der Waals surface area contributed by atoms with E-state index in [2.05, 4.69) is 141 Å². The SMILES string of the molecule is CC(C)(C)c1c[c-]c2c(c1)-c1cc(C(C)(C)C)ccc1C2.CCC1=[C-]C(CC)C=C1C(C)(C)C.FC(F)(F)c1c[c-]ccc1.FC(F)(F)c1c[c-]ccc1.[CH2]=[Zr]. The van der Waals surface area contributed by atoms with E-state index in [-0.39, 0.29) is 10.8 Å². The van der Waals surface area contributed by atoms with Gasteiger partial charge >= 0.3 is 40.8 Å². The van der Waals surface area contributed by atoms with E-state index >= 15 is 0 Å². The molecule has 2 aliphatic carbocycles. The van der Waals surface area contributed by atoms with Crippen molar-refractivity contribution in [1.29, 1.82) is 0 Å². The molecular weight excluding hydrogens is 794 g/mol. The van der Waals surface area contributed by atoms with Gasteiger partial charge in [-0.1, -0.05) is 146 Å². The van der Waals surface area contributed by atoms with E-state index in [1.54, 1.807) is 0 Å². The van der Waals surface area contributed by atoms with Crippen LogP contribution in [0.4, 0.5) is 26.3 Å². The van der Waals surface area contributed by atoms with Crippen molar-refractivity contribution in [3.05, 3.63) is 154 Å². The summed E-state index contributed by atoms with van der Waals surface area (Å²) in [5, 5.41) is 0. The minimum atomic E-state index is -4.24. The average molecular weight is 850 g/mol. The monoisotopic (exact) mass is 848 g/mol. The van der Waals surface area contributed by atoms with Gasteiger partial charge in [0.25, 0.3) is 0 Å². The quantitative estimate of drug-likeness (QED) is 0.123. The number of halogens is 6. The van der Waals surface area contributed by atoms with Crippen LogP contribution in [0.3, 0.4) is 0 Å². The Morgan fingerprint density at radius 1 is 0.643 bits per heavy atom. The molecule has 0 N–H and O–H groups in total. The first kappa shape index (κ1) is 48.8. The fraction of sp³-hybridized carbons (Fsp3) is 0.408. The zero-order valence-electron chi connectivity index (χ0n) is 34.8. The summed E-state index contributed by atoms with van der Waals surface area (Å²) in [5.41, 5.74) is 10.7. The fourth-order valence-corrected chi connectivity index (χ4v) is 5.98. The molecule has 1 unspecified atom stereocenters. The number of hydrogen-bond acceptors (Lipinski definition) is 0. The van der Waals surface area contributed by atoms with Crippen molar-refractivity contribution in [2.75, 3.05) is 0 Å². The molecular formula is C49H56F6Zr-4. The first-order valence-corrected chi connectivity index (χ1v) is 20.6. The number of allylic oxidation sites excluding steroid dienone is 4. The third-order valence-corrected chi connectivity index (χ3v) is 9.25. The van der Waals surface area contributed by atoms with Crippen LogP contribution in [-0.4, -0.2) is 4.21 Å². The first-order chi connectivity index (χ1) is 25.9. The van der Waals surface area contributed by atoms with Gasteiger partial charge in [0.2, 0.25) is 0 Å². The molecule has 7 heteroatoms. The average Bonchev–Trinajstić information content (AvgIpc) is 3.74. The van der Waals surface area contributed by atoms with Crippen LogP contribution in [0.1, 0.15) is 122 Å². The van der Waals surface area contributed by atoms with Gasteiger partial charge in [0, 0.05) is 0 Å². The second kappa shape index (κ2) is 20.4. The van der Waals surface area contributed by atoms with Crippen molar-refractivity contribution in [2.45, 2.75) is 119 Å². The molecule has 0 spiro atoms. The Morgan fingerprint density at radius 3 is 1.50 bits per heavy atom. The Labute approximate surface area is 347 Å². The summed E-state index contributed by atoms with van der Waals surface area (Å²) in [6, 6.07) is 29.1. The summed E-state index contributed by atoms with van der Waals surface area (Å²) in [4.78, 5) is 0. The van der Waals surface area contributed by atoms with Crippen molar-refractivity contribution in [3.8, 4) is 11.1 Å². The van der Waals surface area contributed by atoms with Gasteiger partial charge in [-0.3, -0.25) is 6.08 Å². The van der Waals surface area contributed by atoms with Crippen LogP contribution in [0.25, 0.3) is 11.1 Å². The molecule has 4 aromatic carbocycles. The van der Waals surface area contributed by atoms with Crippen LogP contribution in [0, 0.1) is 35.6 Å². The van der Waals surface area contributed by atoms with Gasteiger partial charge in [-0.25, -0.2) is 5.57 Å². The summed E-state index contributed by atoms with van der Waals surface area (Å²) in [7, 11) is 0. The molecule has 56 heavy (non-hydrogen) atoms. The van der Waals surface area contributed by atoms with Crippen molar-refractivity contribution in [3.63, 3.8) is 0 Å². The van der Waals surface area contributed by atoms with E-state index in [9.17, 15) is 26.3 Å². The Kier molecular flexibility index (Phi) is 17.8. The second-order valence-corrected chi connectivity index (χ2v) is 16.7. The Hall–Kier alpha value is -3.31. The van der Waals surface area contributed by atoms with E-state index in [0.29, 0.717) is 11.3 Å². The van der Waals surface area contributed by atoms with E-state index < -0.39 is 23.5 Å². The van der Waals surface area contributed by atoms with Crippen molar-refractivity contribution in [2.24, 2.45) is 11.3 Å². The summed E-state index contributed by atoms with van der Waals surface area (Å²) in [5.74, 6) is 0.573. The Bertz CT molecular complexity index is 1770. The normalized spacial score (nSPS) is 14.8. The molecule has 0 saturated heterocycles. The fourth-order valence-electron chi connectivity index (χ4n) is 5.98. The van der Waals surface area contributed by atoms with Gasteiger partial charge in [-0.05, 0) is 17.4 Å². The van der Waals surface area contributed by atoms with E-state index in [1.807, 2.05) is 0 Å². The zero-order valence-corrected chi connectivity index (χ0v) is 37.2. The Morgan fingerprint density at radius 2 is 1.14 bits per heavy atom. The van der Waals surface area contributed by atoms with Crippen LogP contribution < -0.4 is 0 Å². The molecule has 1 atom stereocenters. The molecule has 302 valence electrons. The maximum atomic E-state index is 11.8. The summed E-state index contributed by atoms with van der Waals surface area (Å²) >= 11 is 1.30. The van der Waals surface area contributed by atoms with E-state index in [4.69, 9.17) is 0 Å². The first-order valence-electron chi connectivity index (χ1n) is 18.8. The number of benzene rings is 4. The molecule has 2 aliphatic rings. The van der Waals surface area contributed by atoms with Gasteiger partial charge in [0.15, 0.2) is 0 Å². The molecule has 0 bridgehead atoms. The number of fused-ring (bicyclic) bond motifs is 3. The number of hydrogen-bond donors (Lipinski definition) is 0. The van der Waals surface area contributed by atoms with Crippen LogP contribution in [0.2, 0.25) is 0 Å². The molecule has 0 aromatic heterocycles. The molecule has 0 saturated carbocycles. The molecule has 0 amide bonds. The maximum absolute atomic E-state index is 11.8. The van der Waals surface area contributed by atoms with Gasteiger partial charge in [0.1, 0.15) is 0 Å².